The average molecular weight is 378 g/mol. The number of fused-ring (bicyclic) bond motifs is 1. The first-order valence-corrected chi connectivity index (χ1v) is 9.88. The summed E-state index contributed by atoms with van der Waals surface area (Å²) in [6.07, 6.45) is 5.64. The van der Waals surface area contributed by atoms with Gasteiger partial charge in [0.25, 0.3) is 0 Å². The molecule has 1 N–H and O–H groups in total. The van der Waals surface area contributed by atoms with E-state index in [2.05, 4.69) is 40.5 Å². The second kappa shape index (κ2) is 8.93. The summed E-state index contributed by atoms with van der Waals surface area (Å²) in [4.78, 5) is 14.6. The van der Waals surface area contributed by atoms with Crippen molar-refractivity contribution in [3.8, 4) is 11.5 Å². The molecule has 2 aromatic carbocycles. The topological polar surface area (TPSA) is 50.8 Å². The van der Waals surface area contributed by atoms with E-state index in [0.717, 1.165) is 56.1 Å². The summed E-state index contributed by atoms with van der Waals surface area (Å²) < 4.78 is 10.7. The lowest BCUT2D eigenvalue weighted by Crippen LogP contribution is -2.38. The molecule has 0 atom stereocenters. The third-order valence-electron chi connectivity index (χ3n) is 5.34. The van der Waals surface area contributed by atoms with E-state index >= 15 is 0 Å². The van der Waals surface area contributed by atoms with Crippen molar-refractivity contribution in [3.63, 3.8) is 0 Å². The molecule has 1 fully saturated rings. The lowest BCUT2D eigenvalue weighted by molar-refractivity contribution is -0.116. The highest BCUT2D eigenvalue weighted by Crippen LogP contribution is 2.32. The Bertz CT molecular complexity index is 827. The molecule has 0 bridgehead atoms. The number of hydrogen-bond donors (Lipinski definition) is 1. The first kappa shape index (κ1) is 18.6. The lowest BCUT2D eigenvalue weighted by atomic mass is 9.96. The zero-order valence-electron chi connectivity index (χ0n) is 16.0. The van der Waals surface area contributed by atoms with Gasteiger partial charge in [-0.2, -0.15) is 0 Å². The van der Waals surface area contributed by atoms with Crippen LogP contribution in [0, 0.1) is 5.92 Å². The number of piperidine rings is 1. The van der Waals surface area contributed by atoms with E-state index in [4.69, 9.17) is 9.47 Å². The van der Waals surface area contributed by atoms with E-state index in [0.29, 0.717) is 5.92 Å². The molecule has 0 radical (unpaired) electrons. The molecule has 0 saturated carbocycles. The Morgan fingerprint density at radius 3 is 2.68 bits per heavy atom. The first-order valence-electron chi connectivity index (χ1n) is 9.88. The number of carbonyl (C=O) groups is 1. The van der Waals surface area contributed by atoms with Gasteiger partial charge in [-0.25, -0.2) is 0 Å². The number of amides is 1. The second-order valence-corrected chi connectivity index (χ2v) is 7.40. The predicted octanol–water partition coefficient (Wildman–Crippen LogP) is 3.46. The molecule has 5 heteroatoms. The smallest absolute Gasteiger partial charge is 0.244 e. The number of likely N-dealkylation sites (tertiary alicyclic amines) is 1. The van der Waals surface area contributed by atoms with Crippen LogP contribution in [0.15, 0.2) is 54.6 Å². The molecular weight excluding hydrogens is 352 g/mol. The molecule has 0 aromatic heterocycles. The van der Waals surface area contributed by atoms with Gasteiger partial charge in [0.2, 0.25) is 12.7 Å². The maximum atomic E-state index is 12.1. The van der Waals surface area contributed by atoms with E-state index < -0.39 is 0 Å². The molecule has 1 saturated heterocycles. The minimum atomic E-state index is -0.0515. The van der Waals surface area contributed by atoms with Gasteiger partial charge in [-0.15, -0.1) is 0 Å². The Morgan fingerprint density at radius 2 is 1.86 bits per heavy atom. The first-order chi connectivity index (χ1) is 13.8. The Kier molecular flexibility index (Phi) is 5.92. The third kappa shape index (κ3) is 4.93. The maximum Gasteiger partial charge on any atom is 0.244 e. The van der Waals surface area contributed by atoms with Crippen molar-refractivity contribution in [2.24, 2.45) is 5.92 Å². The van der Waals surface area contributed by atoms with Crippen LogP contribution in [0.3, 0.4) is 0 Å². The van der Waals surface area contributed by atoms with Crippen molar-refractivity contribution in [3.05, 3.63) is 65.7 Å². The molecule has 5 nitrogen and oxygen atoms in total. The van der Waals surface area contributed by atoms with Gasteiger partial charge in [0.1, 0.15) is 0 Å². The van der Waals surface area contributed by atoms with Gasteiger partial charge in [-0.1, -0.05) is 36.4 Å². The van der Waals surface area contributed by atoms with Crippen molar-refractivity contribution in [1.82, 2.24) is 10.2 Å². The highest BCUT2D eigenvalue weighted by Gasteiger charge is 2.19. The maximum absolute atomic E-state index is 12.1. The van der Waals surface area contributed by atoms with Crippen molar-refractivity contribution in [2.45, 2.75) is 19.4 Å². The molecule has 28 heavy (non-hydrogen) atoms. The molecule has 2 aromatic rings. The van der Waals surface area contributed by atoms with Crippen molar-refractivity contribution >= 4 is 12.0 Å². The molecule has 1 amide bonds. The molecule has 146 valence electrons. The lowest BCUT2D eigenvalue weighted by Gasteiger charge is -2.32. The molecule has 2 aliphatic rings. The number of rotatable bonds is 6. The van der Waals surface area contributed by atoms with E-state index in [1.165, 1.54) is 5.56 Å². The molecule has 0 unspecified atom stereocenters. The number of carbonyl (C=O) groups excluding carboxylic acids is 1. The zero-order valence-corrected chi connectivity index (χ0v) is 16.0. The van der Waals surface area contributed by atoms with Crippen molar-refractivity contribution < 1.29 is 14.3 Å². The molecule has 2 aliphatic heterocycles. The number of nitrogens with one attached hydrogen (secondary N) is 1. The highest BCUT2D eigenvalue weighted by atomic mass is 16.7. The van der Waals surface area contributed by atoms with E-state index in [9.17, 15) is 4.79 Å². The molecule has 0 aliphatic carbocycles. The van der Waals surface area contributed by atoms with Crippen molar-refractivity contribution in [2.75, 3.05) is 26.4 Å². The minimum Gasteiger partial charge on any atom is -0.454 e. The number of ether oxygens (including phenoxy) is 2. The number of benzene rings is 2. The number of hydrogen-bond acceptors (Lipinski definition) is 4. The third-order valence-corrected chi connectivity index (χ3v) is 5.34. The van der Waals surface area contributed by atoms with Crippen LogP contribution in [-0.4, -0.2) is 37.2 Å². The molecule has 4 rings (SSSR count). The summed E-state index contributed by atoms with van der Waals surface area (Å²) >= 11 is 0. The molecule has 2 heterocycles. The van der Waals surface area contributed by atoms with E-state index in [-0.39, 0.29) is 12.7 Å². The fraction of sp³-hybridized carbons (Fsp3) is 0.348. The summed E-state index contributed by atoms with van der Waals surface area (Å²) in [5.74, 6) is 1.98. The van der Waals surface area contributed by atoms with Crippen LogP contribution in [0.25, 0.3) is 6.08 Å². The Hall–Kier alpha value is -2.79. The summed E-state index contributed by atoms with van der Waals surface area (Å²) in [5.41, 5.74) is 2.29. The quantitative estimate of drug-likeness (QED) is 0.782. The summed E-state index contributed by atoms with van der Waals surface area (Å²) in [7, 11) is 0. The van der Waals surface area contributed by atoms with Crippen LogP contribution in [0.2, 0.25) is 0 Å². The standard InChI is InChI=1S/C23H26N2O3/c26-23(9-7-18-6-8-21-22(14-18)28-17-27-21)24-15-19-10-12-25(13-11-19)16-20-4-2-1-3-5-20/h1-9,14,19H,10-13,15-17H2,(H,24,26)/b9-7+. The van der Waals surface area contributed by atoms with Gasteiger partial charge in [0, 0.05) is 19.2 Å². The van der Waals surface area contributed by atoms with Gasteiger partial charge < -0.3 is 14.8 Å². The molecule has 0 spiro atoms. The van der Waals surface area contributed by atoms with Gasteiger partial charge in [-0.05, 0) is 61.2 Å². The van der Waals surface area contributed by atoms with Gasteiger partial charge in [-0.3, -0.25) is 9.69 Å². The Morgan fingerprint density at radius 1 is 1.07 bits per heavy atom. The Balaban J connectivity index is 1.18. The largest absolute Gasteiger partial charge is 0.454 e. The van der Waals surface area contributed by atoms with Crippen LogP contribution in [0.4, 0.5) is 0 Å². The highest BCUT2D eigenvalue weighted by molar-refractivity contribution is 5.91. The zero-order chi connectivity index (χ0) is 19.2. The Labute approximate surface area is 165 Å². The molecular formula is C23H26N2O3. The van der Waals surface area contributed by atoms with E-state index in [1.807, 2.05) is 18.2 Å². The monoisotopic (exact) mass is 378 g/mol. The summed E-state index contributed by atoms with van der Waals surface area (Å²) in [5, 5.41) is 3.04. The van der Waals surface area contributed by atoms with Gasteiger partial charge >= 0.3 is 0 Å². The fourth-order valence-corrected chi connectivity index (χ4v) is 3.68. The van der Waals surface area contributed by atoms with Crippen LogP contribution in [-0.2, 0) is 11.3 Å². The summed E-state index contributed by atoms with van der Waals surface area (Å²) in [6, 6.07) is 16.3. The number of nitrogens with zero attached hydrogens (tertiary/aromatic N) is 1. The van der Waals surface area contributed by atoms with Crippen LogP contribution >= 0.6 is 0 Å². The van der Waals surface area contributed by atoms with E-state index in [1.54, 1.807) is 12.2 Å². The second-order valence-electron chi connectivity index (χ2n) is 7.40. The summed E-state index contributed by atoms with van der Waals surface area (Å²) in [6.45, 7) is 4.18. The van der Waals surface area contributed by atoms with Gasteiger partial charge in [0.15, 0.2) is 11.5 Å². The SMILES string of the molecule is O=C(/C=C/c1ccc2c(c1)OCO2)NCC1CCN(Cc2ccccc2)CC1. The van der Waals surface area contributed by atoms with Crippen LogP contribution in [0.1, 0.15) is 24.0 Å². The fourth-order valence-electron chi connectivity index (χ4n) is 3.68. The van der Waals surface area contributed by atoms with Crippen molar-refractivity contribution in [1.29, 1.82) is 0 Å². The van der Waals surface area contributed by atoms with Crippen LogP contribution < -0.4 is 14.8 Å². The van der Waals surface area contributed by atoms with Crippen LogP contribution in [0.5, 0.6) is 11.5 Å². The predicted molar refractivity (Wildman–Crippen MR) is 109 cm³/mol. The average Bonchev–Trinajstić information content (AvgIpc) is 3.20. The minimum absolute atomic E-state index is 0.0515. The normalized spacial score (nSPS) is 17.1. The van der Waals surface area contributed by atoms with Gasteiger partial charge in [0.05, 0.1) is 0 Å².